The number of benzene rings is 3. The summed E-state index contributed by atoms with van der Waals surface area (Å²) in [5.41, 5.74) is 1.90. The number of hydrogen-bond acceptors (Lipinski definition) is 6. The zero-order chi connectivity index (χ0) is 22.1. The number of carbonyl (C=O) groups excluding carboxylic acids is 1. The molecule has 0 radical (unpaired) electrons. The first-order valence-corrected chi connectivity index (χ1v) is 12.4. The first-order valence-electron chi connectivity index (χ1n) is 9.91. The largest absolute Gasteiger partial charge is 0.488 e. The molecule has 5 rings (SSSR count). The molecular weight excluding hydrogens is 504 g/mol. The first-order chi connectivity index (χ1) is 15.6. The monoisotopic (exact) mass is 520 g/mol. The van der Waals surface area contributed by atoms with Crippen LogP contribution in [0.25, 0.3) is 16.8 Å². The molecule has 3 aromatic carbocycles. The number of thiazole rings is 1. The Hall–Kier alpha value is -2.74. The molecule has 1 aliphatic heterocycles. The van der Waals surface area contributed by atoms with Crippen molar-refractivity contribution < 1.29 is 9.53 Å². The van der Waals surface area contributed by atoms with Crippen molar-refractivity contribution in [3.05, 3.63) is 97.8 Å². The molecule has 1 aliphatic rings. The lowest BCUT2D eigenvalue weighted by Gasteiger charge is -2.13. The Balaban J connectivity index is 1.53. The highest BCUT2D eigenvalue weighted by Gasteiger charge is 2.38. The van der Waals surface area contributed by atoms with E-state index in [0.29, 0.717) is 27.3 Å². The molecular formula is C25H17BrN2O2S2. The number of fused-ring (bicyclic) bond motifs is 1. The van der Waals surface area contributed by atoms with Gasteiger partial charge in [0.1, 0.15) is 23.3 Å². The summed E-state index contributed by atoms with van der Waals surface area (Å²) in [5, 5.41) is 13.3. The van der Waals surface area contributed by atoms with E-state index >= 15 is 0 Å². The molecule has 158 valence electrons. The molecule has 4 nitrogen and oxygen atoms in total. The van der Waals surface area contributed by atoms with Gasteiger partial charge in [-0.1, -0.05) is 70.2 Å². The van der Waals surface area contributed by atoms with Crippen LogP contribution in [0.4, 0.5) is 0 Å². The van der Waals surface area contributed by atoms with Gasteiger partial charge in [0.25, 0.3) is 0 Å². The second kappa shape index (κ2) is 9.02. The van der Waals surface area contributed by atoms with Gasteiger partial charge < -0.3 is 4.74 Å². The van der Waals surface area contributed by atoms with Gasteiger partial charge in [-0.3, -0.25) is 10.2 Å². The zero-order valence-corrected chi connectivity index (χ0v) is 20.0. The average molecular weight is 521 g/mol. The fraction of sp³-hybridized carbons (Fsp3) is 0.0800. The minimum Gasteiger partial charge on any atom is -0.488 e. The second-order valence-electron chi connectivity index (χ2n) is 7.26. The number of halogens is 1. The summed E-state index contributed by atoms with van der Waals surface area (Å²) in [6.07, 6.45) is 3.54. The Labute approximate surface area is 202 Å². The minimum absolute atomic E-state index is 0.0817. The SMILES string of the molecule is N=C1S/C(=C\c2c(OCc3ccc(Br)cc3)ccc3ccccc23)C(=O)[C@H]1c1nccs1. The van der Waals surface area contributed by atoms with Crippen molar-refractivity contribution in [3.63, 3.8) is 0 Å². The van der Waals surface area contributed by atoms with Crippen LogP contribution in [0.5, 0.6) is 5.75 Å². The summed E-state index contributed by atoms with van der Waals surface area (Å²) >= 11 is 6.07. The second-order valence-corrected chi connectivity index (χ2v) is 10.2. The van der Waals surface area contributed by atoms with E-state index < -0.39 is 5.92 Å². The van der Waals surface area contributed by atoms with E-state index in [1.165, 1.54) is 23.1 Å². The van der Waals surface area contributed by atoms with Gasteiger partial charge in [-0.15, -0.1) is 11.3 Å². The van der Waals surface area contributed by atoms with Crippen molar-refractivity contribution in [2.24, 2.45) is 0 Å². The summed E-state index contributed by atoms with van der Waals surface area (Å²) < 4.78 is 7.22. The molecule has 4 aromatic rings. The predicted octanol–water partition coefficient (Wildman–Crippen LogP) is 7.06. The molecule has 0 spiro atoms. The van der Waals surface area contributed by atoms with Crippen LogP contribution in [0.3, 0.4) is 0 Å². The van der Waals surface area contributed by atoms with Gasteiger partial charge in [-0.05, 0) is 40.6 Å². The van der Waals surface area contributed by atoms with E-state index in [2.05, 4.69) is 20.9 Å². The third kappa shape index (κ3) is 4.16. The summed E-state index contributed by atoms with van der Waals surface area (Å²) in [6, 6.07) is 20.0. The molecule has 0 saturated carbocycles. The molecule has 0 bridgehead atoms. The van der Waals surface area contributed by atoms with Crippen LogP contribution in [0.15, 0.2) is 81.6 Å². The number of nitrogens with one attached hydrogen (secondary N) is 1. The van der Waals surface area contributed by atoms with Gasteiger partial charge in [0.05, 0.1) is 9.95 Å². The number of nitrogens with zero attached hydrogens (tertiary/aromatic N) is 1. The average Bonchev–Trinajstić information content (AvgIpc) is 3.42. The Morgan fingerprint density at radius 3 is 2.69 bits per heavy atom. The van der Waals surface area contributed by atoms with Gasteiger partial charge in [0.15, 0.2) is 5.78 Å². The first kappa shape index (κ1) is 21.1. The molecule has 1 atom stereocenters. The van der Waals surface area contributed by atoms with Crippen LogP contribution < -0.4 is 4.74 Å². The molecule has 1 saturated heterocycles. The number of aromatic nitrogens is 1. The lowest BCUT2D eigenvalue weighted by Crippen LogP contribution is -2.11. The number of ether oxygens (including phenoxy) is 1. The molecule has 32 heavy (non-hydrogen) atoms. The smallest absolute Gasteiger partial charge is 0.186 e. The standard InChI is InChI=1S/C25H17BrN2O2S2/c26-17-8-5-15(6-9-17)14-30-20-10-7-16-3-1-2-4-18(16)19(20)13-21-23(29)22(24(27)32-21)25-28-11-12-31-25/h1-13,22,27H,14H2/b21-13-,27-24?/t22-/m1/s1. The van der Waals surface area contributed by atoms with Crippen molar-refractivity contribution in [1.82, 2.24) is 4.98 Å². The van der Waals surface area contributed by atoms with Gasteiger partial charge in [-0.2, -0.15) is 0 Å². The number of rotatable bonds is 5. The van der Waals surface area contributed by atoms with Crippen molar-refractivity contribution in [2.45, 2.75) is 12.5 Å². The van der Waals surface area contributed by atoms with E-state index in [4.69, 9.17) is 10.1 Å². The number of hydrogen-bond donors (Lipinski definition) is 1. The van der Waals surface area contributed by atoms with E-state index in [9.17, 15) is 4.79 Å². The number of thioether (sulfide) groups is 1. The normalized spacial score (nSPS) is 17.4. The molecule has 0 unspecified atom stereocenters. The number of ketones is 1. The van der Waals surface area contributed by atoms with Gasteiger partial charge in [0, 0.05) is 21.6 Å². The van der Waals surface area contributed by atoms with Crippen LogP contribution in [0, 0.1) is 5.41 Å². The predicted molar refractivity (Wildman–Crippen MR) is 136 cm³/mol. The van der Waals surface area contributed by atoms with E-state index in [1.54, 1.807) is 6.20 Å². The quantitative estimate of drug-likeness (QED) is 0.286. The van der Waals surface area contributed by atoms with Gasteiger partial charge >= 0.3 is 0 Å². The number of allylic oxidation sites excluding steroid dienone is 1. The highest BCUT2D eigenvalue weighted by atomic mass is 79.9. The van der Waals surface area contributed by atoms with Crippen LogP contribution in [-0.4, -0.2) is 15.8 Å². The zero-order valence-electron chi connectivity index (χ0n) is 16.7. The van der Waals surface area contributed by atoms with Gasteiger partial charge in [0.2, 0.25) is 0 Å². The lowest BCUT2D eigenvalue weighted by atomic mass is 10.0. The van der Waals surface area contributed by atoms with Crippen LogP contribution in [0.2, 0.25) is 0 Å². The maximum atomic E-state index is 13.2. The Morgan fingerprint density at radius 1 is 1.09 bits per heavy atom. The maximum absolute atomic E-state index is 13.2. The fourth-order valence-corrected chi connectivity index (χ4v) is 5.67. The highest BCUT2D eigenvalue weighted by molar-refractivity contribution is 9.10. The molecule has 0 amide bonds. The number of Topliss-reactive ketones (excluding diaryl/α,β-unsaturated/α-hetero) is 1. The Morgan fingerprint density at radius 2 is 1.91 bits per heavy atom. The van der Waals surface area contributed by atoms with Crippen molar-refractivity contribution >= 4 is 66.7 Å². The molecule has 0 aliphatic carbocycles. The van der Waals surface area contributed by atoms with Crippen LogP contribution in [0.1, 0.15) is 22.1 Å². The molecule has 7 heteroatoms. The number of carbonyl (C=O) groups is 1. The third-order valence-electron chi connectivity index (χ3n) is 5.20. The van der Waals surface area contributed by atoms with Crippen LogP contribution >= 0.6 is 39.0 Å². The fourth-order valence-electron chi connectivity index (χ4n) is 3.61. The summed E-state index contributed by atoms with van der Waals surface area (Å²) in [7, 11) is 0. The van der Waals surface area contributed by atoms with Crippen LogP contribution in [-0.2, 0) is 11.4 Å². The third-order valence-corrected chi connectivity index (χ3v) is 7.56. The Bertz CT molecular complexity index is 1350. The summed E-state index contributed by atoms with van der Waals surface area (Å²) in [5.74, 6) is 0.0202. The topological polar surface area (TPSA) is 63.0 Å². The van der Waals surface area contributed by atoms with Crippen molar-refractivity contribution in [1.29, 1.82) is 5.41 Å². The molecule has 1 N–H and O–H groups in total. The van der Waals surface area contributed by atoms with Gasteiger partial charge in [-0.25, -0.2) is 4.98 Å². The lowest BCUT2D eigenvalue weighted by molar-refractivity contribution is -0.114. The van der Waals surface area contributed by atoms with E-state index in [-0.39, 0.29) is 5.78 Å². The summed E-state index contributed by atoms with van der Waals surface area (Å²) in [6.45, 7) is 0.417. The summed E-state index contributed by atoms with van der Waals surface area (Å²) in [4.78, 5) is 18.0. The molecule has 1 aromatic heterocycles. The van der Waals surface area contributed by atoms with E-state index in [0.717, 1.165) is 26.4 Å². The van der Waals surface area contributed by atoms with Crippen molar-refractivity contribution in [2.75, 3.05) is 0 Å². The van der Waals surface area contributed by atoms with E-state index in [1.807, 2.05) is 72.1 Å². The van der Waals surface area contributed by atoms with Crippen molar-refractivity contribution in [3.8, 4) is 5.75 Å². The Kier molecular flexibility index (Phi) is 5.95. The highest BCUT2D eigenvalue weighted by Crippen LogP contribution is 2.43. The minimum atomic E-state index is -0.603. The molecule has 1 fully saturated rings. The molecule has 2 heterocycles. The maximum Gasteiger partial charge on any atom is 0.186 e.